The molecule has 2 aliphatic carbocycles. The van der Waals surface area contributed by atoms with Gasteiger partial charge in [0.15, 0.2) is 0 Å². The third-order valence-electron chi connectivity index (χ3n) is 5.22. The SMILES string of the molecule is NC1CC(OCc2cccc(Cl)c2)C12CCCCCC2. The second kappa shape index (κ2) is 6.05. The van der Waals surface area contributed by atoms with E-state index < -0.39 is 0 Å². The van der Waals surface area contributed by atoms with Gasteiger partial charge in [-0.15, -0.1) is 0 Å². The molecule has 3 rings (SSSR count). The Hall–Kier alpha value is -0.570. The van der Waals surface area contributed by atoms with Crippen molar-refractivity contribution in [2.24, 2.45) is 11.1 Å². The fourth-order valence-corrected chi connectivity index (χ4v) is 4.13. The molecule has 2 saturated carbocycles. The lowest BCUT2D eigenvalue weighted by Gasteiger charge is -2.54. The van der Waals surface area contributed by atoms with Crippen LogP contribution in [0.25, 0.3) is 0 Å². The third kappa shape index (κ3) is 2.74. The van der Waals surface area contributed by atoms with E-state index >= 15 is 0 Å². The molecule has 2 N–H and O–H groups in total. The van der Waals surface area contributed by atoms with Crippen molar-refractivity contribution in [3.8, 4) is 0 Å². The summed E-state index contributed by atoms with van der Waals surface area (Å²) in [6.45, 7) is 0.652. The molecular formula is C17H24ClNO. The van der Waals surface area contributed by atoms with Crippen LogP contribution in [-0.4, -0.2) is 12.1 Å². The molecule has 0 aliphatic heterocycles. The zero-order valence-electron chi connectivity index (χ0n) is 12.0. The molecule has 2 atom stereocenters. The highest BCUT2D eigenvalue weighted by atomic mass is 35.5. The van der Waals surface area contributed by atoms with Crippen molar-refractivity contribution >= 4 is 11.6 Å². The second-order valence-corrected chi connectivity index (χ2v) is 6.86. The van der Waals surface area contributed by atoms with Crippen LogP contribution in [0.3, 0.4) is 0 Å². The molecule has 0 aromatic heterocycles. The van der Waals surface area contributed by atoms with Crippen molar-refractivity contribution in [1.82, 2.24) is 0 Å². The number of nitrogens with two attached hydrogens (primary N) is 1. The van der Waals surface area contributed by atoms with Crippen molar-refractivity contribution in [3.63, 3.8) is 0 Å². The van der Waals surface area contributed by atoms with Gasteiger partial charge in [-0.3, -0.25) is 0 Å². The van der Waals surface area contributed by atoms with E-state index in [4.69, 9.17) is 22.1 Å². The summed E-state index contributed by atoms with van der Waals surface area (Å²) in [6.07, 6.45) is 9.18. The van der Waals surface area contributed by atoms with E-state index in [1.807, 2.05) is 18.2 Å². The minimum Gasteiger partial charge on any atom is -0.373 e. The van der Waals surface area contributed by atoms with Gasteiger partial charge in [0.1, 0.15) is 0 Å². The maximum Gasteiger partial charge on any atom is 0.0721 e. The maximum absolute atomic E-state index is 6.34. The molecule has 20 heavy (non-hydrogen) atoms. The lowest BCUT2D eigenvalue weighted by atomic mass is 9.58. The second-order valence-electron chi connectivity index (χ2n) is 6.42. The quantitative estimate of drug-likeness (QED) is 0.902. The van der Waals surface area contributed by atoms with Gasteiger partial charge in [0.2, 0.25) is 0 Å². The average Bonchev–Trinajstić information content (AvgIpc) is 2.71. The fourth-order valence-electron chi connectivity index (χ4n) is 3.92. The van der Waals surface area contributed by atoms with Crippen LogP contribution in [0.2, 0.25) is 5.02 Å². The van der Waals surface area contributed by atoms with Crippen LogP contribution in [0.5, 0.6) is 0 Å². The van der Waals surface area contributed by atoms with Gasteiger partial charge < -0.3 is 10.5 Å². The predicted molar refractivity (Wildman–Crippen MR) is 82.8 cm³/mol. The average molecular weight is 294 g/mol. The van der Waals surface area contributed by atoms with Crippen LogP contribution in [-0.2, 0) is 11.3 Å². The molecule has 2 fully saturated rings. The number of rotatable bonds is 3. The smallest absolute Gasteiger partial charge is 0.0721 e. The molecule has 2 unspecified atom stereocenters. The Morgan fingerprint density at radius 1 is 1.20 bits per heavy atom. The van der Waals surface area contributed by atoms with E-state index in [0.29, 0.717) is 18.8 Å². The molecule has 1 aromatic carbocycles. The van der Waals surface area contributed by atoms with Gasteiger partial charge in [0, 0.05) is 16.5 Å². The minimum atomic E-state index is 0.259. The molecule has 0 bridgehead atoms. The number of ether oxygens (including phenoxy) is 1. The van der Waals surface area contributed by atoms with Gasteiger partial charge in [-0.1, -0.05) is 49.4 Å². The summed E-state index contributed by atoms with van der Waals surface area (Å²) in [5.41, 5.74) is 7.75. The van der Waals surface area contributed by atoms with Gasteiger partial charge in [-0.05, 0) is 37.0 Å². The molecule has 2 aliphatic rings. The molecule has 0 amide bonds. The van der Waals surface area contributed by atoms with E-state index in [1.165, 1.54) is 38.5 Å². The third-order valence-corrected chi connectivity index (χ3v) is 5.46. The first kappa shape index (κ1) is 14.4. The van der Waals surface area contributed by atoms with E-state index in [2.05, 4.69) is 6.07 Å². The minimum absolute atomic E-state index is 0.259. The zero-order valence-corrected chi connectivity index (χ0v) is 12.7. The summed E-state index contributed by atoms with van der Waals surface area (Å²) < 4.78 is 6.20. The van der Waals surface area contributed by atoms with Crippen molar-refractivity contribution in [1.29, 1.82) is 0 Å². The fraction of sp³-hybridized carbons (Fsp3) is 0.647. The molecule has 0 radical (unpaired) electrons. The summed E-state index contributed by atoms with van der Waals surface area (Å²) in [4.78, 5) is 0. The molecular weight excluding hydrogens is 270 g/mol. The number of hydrogen-bond acceptors (Lipinski definition) is 2. The first-order valence-corrected chi connectivity index (χ1v) is 8.20. The normalized spacial score (nSPS) is 28.9. The topological polar surface area (TPSA) is 35.2 Å². The highest BCUT2D eigenvalue weighted by molar-refractivity contribution is 6.30. The Kier molecular flexibility index (Phi) is 4.34. The standard InChI is InChI=1S/C17H24ClNO/c18-14-7-5-6-13(10-14)12-20-16-11-15(19)17(16)8-3-1-2-4-9-17/h5-7,10,15-16H,1-4,8-9,11-12,19H2. The highest BCUT2D eigenvalue weighted by Gasteiger charge is 2.53. The molecule has 110 valence electrons. The van der Waals surface area contributed by atoms with Gasteiger partial charge in [0.05, 0.1) is 12.7 Å². The van der Waals surface area contributed by atoms with Crippen LogP contribution >= 0.6 is 11.6 Å². The van der Waals surface area contributed by atoms with Crippen molar-refractivity contribution < 1.29 is 4.74 Å². The van der Waals surface area contributed by atoms with E-state index in [-0.39, 0.29) is 5.41 Å². The molecule has 1 spiro atoms. The van der Waals surface area contributed by atoms with Crippen LogP contribution in [0.4, 0.5) is 0 Å². The van der Waals surface area contributed by atoms with E-state index in [1.54, 1.807) is 0 Å². The van der Waals surface area contributed by atoms with Crippen LogP contribution < -0.4 is 5.73 Å². The predicted octanol–water partition coefficient (Wildman–Crippen LogP) is 4.30. The number of benzene rings is 1. The summed E-state index contributed by atoms with van der Waals surface area (Å²) in [5.74, 6) is 0. The van der Waals surface area contributed by atoms with Gasteiger partial charge in [-0.2, -0.15) is 0 Å². The first-order valence-electron chi connectivity index (χ1n) is 7.82. The summed E-state index contributed by atoms with van der Waals surface area (Å²) >= 11 is 6.02. The Labute approximate surface area is 126 Å². The lowest BCUT2D eigenvalue weighted by molar-refractivity contribution is -0.141. The number of hydrogen-bond donors (Lipinski definition) is 1. The van der Waals surface area contributed by atoms with Gasteiger partial charge in [-0.25, -0.2) is 0 Å². The first-order chi connectivity index (χ1) is 9.71. The monoisotopic (exact) mass is 293 g/mol. The summed E-state index contributed by atoms with van der Waals surface area (Å²) in [6, 6.07) is 8.28. The van der Waals surface area contributed by atoms with Crippen molar-refractivity contribution in [2.75, 3.05) is 0 Å². The zero-order chi connectivity index (χ0) is 14.0. The largest absolute Gasteiger partial charge is 0.373 e. The van der Waals surface area contributed by atoms with Crippen LogP contribution in [0.1, 0.15) is 50.5 Å². The number of halogens is 1. The van der Waals surface area contributed by atoms with Crippen LogP contribution in [0, 0.1) is 5.41 Å². The molecule has 3 heteroatoms. The Morgan fingerprint density at radius 2 is 1.95 bits per heavy atom. The van der Waals surface area contributed by atoms with E-state index in [9.17, 15) is 0 Å². The van der Waals surface area contributed by atoms with E-state index in [0.717, 1.165) is 17.0 Å². The summed E-state index contributed by atoms with van der Waals surface area (Å²) in [5, 5.41) is 0.778. The molecule has 0 heterocycles. The van der Waals surface area contributed by atoms with Crippen molar-refractivity contribution in [2.45, 2.75) is 63.7 Å². The molecule has 2 nitrogen and oxygen atoms in total. The van der Waals surface area contributed by atoms with Gasteiger partial charge in [0.25, 0.3) is 0 Å². The van der Waals surface area contributed by atoms with Crippen molar-refractivity contribution in [3.05, 3.63) is 34.9 Å². The Bertz CT molecular complexity index is 454. The highest BCUT2D eigenvalue weighted by Crippen LogP contribution is 2.51. The van der Waals surface area contributed by atoms with Gasteiger partial charge >= 0.3 is 0 Å². The lowest BCUT2D eigenvalue weighted by Crippen LogP contribution is -2.62. The van der Waals surface area contributed by atoms with Crippen LogP contribution in [0.15, 0.2) is 24.3 Å². The Morgan fingerprint density at radius 3 is 2.60 bits per heavy atom. The Balaban J connectivity index is 1.62. The maximum atomic E-state index is 6.34. The summed E-state index contributed by atoms with van der Waals surface area (Å²) in [7, 11) is 0. The molecule has 1 aromatic rings. The molecule has 0 saturated heterocycles.